The van der Waals surface area contributed by atoms with E-state index in [0.29, 0.717) is 6.54 Å². The first kappa shape index (κ1) is 22.2. The maximum atomic E-state index is 5.52. The van der Waals surface area contributed by atoms with E-state index in [9.17, 15) is 0 Å². The molecule has 0 spiro atoms. The molecule has 3 rings (SSSR count). The van der Waals surface area contributed by atoms with Gasteiger partial charge in [0.15, 0.2) is 5.96 Å². The highest BCUT2D eigenvalue weighted by molar-refractivity contribution is 5.79. The van der Waals surface area contributed by atoms with Crippen LogP contribution in [0.5, 0.6) is 11.5 Å². The van der Waals surface area contributed by atoms with Gasteiger partial charge in [0.25, 0.3) is 0 Å². The monoisotopic (exact) mass is 421 g/mol. The number of nitrogens with zero attached hydrogens (tertiary/aromatic N) is 4. The summed E-state index contributed by atoms with van der Waals surface area (Å²) in [7, 11) is 7.12. The summed E-state index contributed by atoms with van der Waals surface area (Å²) in [6, 6.07) is 16.3. The number of nitrogens with one attached hydrogen (secondary N) is 1. The Labute approximate surface area is 184 Å². The van der Waals surface area contributed by atoms with Crippen LogP contribution < -0.4 is 14.8 Å². The molecule has 0 aliphatic heterocycles. The zero-order chi connectivity index (χ0) is 22.1. The molecule has 3 aromatic rings. The van der Waals surface area contributed by atoms with Crippen LogP contribution in [-0.4, -0.2) is 55.3 Å². The minimum atomic E-state index is 0.662. The third kappa shape index (κ3) is 6.01. The van der Waals surface area contributed by atoms with Gasteiger partial charge in [-0.05, 0) is 17.7 Å². The fourth-order valence-electron chi connectivity index (χ4n) is 3.48. The van der Waals surface area contributed by atoms with Crippen LogP contribution in [-0.2, 0) is 19.5 Å². The van der Waals surface area contributed by atoms with Gasteiger partial charge < -0.3 is 24.3 Å². The highest BCUT2D eigenvalue weighted by Gasteiger charge is 2.12. The molecule has 0 saturated carbocycles. The van der Waals surface area contributed by atoms with E-state index in [0.717, 1.165) is 48.4 Å². The van der Waals surface area contributed by atoms with Gasteiger partial charge in [-0.15, -0.1) is 0 Å². The van der Waals surface area contributed by atoms with Gasteiger partial charge in [-0.2, -0.15) is 0 Å². The molecule has 164 valence electrons. The van der Waals surface area contributed by atoms with Gasteiger partial charge in [0.2, 0.25) is 0 Å². The van der Waals surface area contributed by atoms with E-state index < -0.39 is 0 Å². The molecule has 31 heavy (non-hydrogen) atoms. The maximum Gasteiger partial charge on any atom is 0.193 e. The van der Waals surface area contributed by atoms with Crippen LogP contribution in [0.15, 0.2) is 65.9 Å². The lowest BCUT2D eigenvalue weighted by molar-refractivity contribution is 0.382. The highest BCUT2D eigenvalue weighted by Crippen LogP contribution is 2.25. The summed E-state index contributed by atoms with van der Waals surface area (Å²) in [5.74, 6) is 3.44. The number of aliphatic imine (C=N–C) groups is 1. The summed E-state index contributed by atoms with van der Waals surface area (Å²) < 4.78 is 13.0. The average molecular weight is 422 g/mol. The van der Waals surface area contributed by atoms with Crippen LogP contribution in [0.3, 0.4) is 0 Å². The van der Waals surface area contributed by atoms with Crippen molar-refractivity contribution in [2.75, 3.05) is 34.9 Å². The Morgan fingerprint density at radius 2 is 1.94 bits per heavy atom. The molecule has 0 amide bonds. The van der Waals surface area contributed by atoms with Crippen molar-refractivity contribution >= 4 is 5.96 Å². The summed E-state index contributed by atoms with van der Waals surface area (Å²) in [4.78, 5) is 11.0. The van der Waals surface area contributed by atoms with Crippen LogP contribution in [0.4, 0.5) is 0 Å². The predicted molar refractivity (Wildman–Crippen MR) is 124 cm³/mol. The van der Waals surface area contributed by atoms with E-state index in [1.165, 1.54) is 5.56 Å². The number of ether oxygens (including phenoxy) is 2. The third-order valence-corrected chi connectivity index (χ3v) is 5.10. The molecule has 0 saturated heterocycles. The number of rotatable bonds is 9. The van der Waals surface area contributed by atoms with Gasteiger partial charge in [0, 0.05) is 64.2 Å². The van der Waals surface area contributed by atoms with E-state index >= 15 is 0 Å². The number of benzene rings is 2. The highest BCUT2D eigenvalue weighted by atomic mass is 16.5. The van der Waals surface area contributed by atoms with Crippen molar-refractivity contribution in [2.45, 2.75) is 19.5 Å². The van der Waals surface area contributed by atoms with E-state index in [-0.39, 0.29) is 0 Å². The van der Waals surface area contributed by atoms with Crippen LogP contribution in [0.1, 0.15) is 17.0 Å². The summed E-state index contributed by atoms with van der Waals surface area (Å²) in [6.07, 6.45) is 4.69. The van der Waals surface area contributed by atoms with Crippen molar-refractivity contribution in [3.05, 3.63) is 77.9 Å². The number of imidazole rings is 1. The molecular weight excluding hydrogens is 390 g/mol. The third-order valence-electron chi connectivity index (χ3n) is 5.10. The summed E-state index contributed by atoms with van der Waals surface area (Å²) in [6.45, 7) is 2.22. The van der Waals surface area contributed by atoms with Crippen molar-refractivity contribution in [1.82, 2.24) is 19.8 Å². The Kier molecular flexibility index (Phi) is 7.92. The molecule has 0 aliphatic rings. The zero-order valence-corrected chi connectivity index (χ0v) is 18.7. The standard InChI is InChI=1S/C24H31N5O2/c1-25-24(28(2)18-20-10-11-21(30-3)16-22(20)31-4)27-13-12-23-26-14-15-29(23)17-19-8-6-5-7-9-19/h5-11,14-16H,12-13,17-18H2,1-4H3,(H,25,27). The van der Waals surface area contributed by atoms with E-state index in [1.54, 1.807) is 21.3 Å². The van der Waals surface area contributed by atoms with Crippen molar-refractivity contribution in [3.8, 4) is 11.5 Å². The molecule has 1 N–H and O–H groups in total. The fraction of sp³-hybridized carbons (Fsp3) is 0.333. The van der Waals surface area contributed by atoms with Crippen LogP contribution >= 0.6 is 0 Å². The maximum absolute atomic E-state index is 5.52. The number of methoxy groups -OCH3 is 2. The molecule has 2 aromatic carbocycles. The Bertz CT molecular complexity index is 985. The van der Waals surface area contributed by atoms with Crippen LogP contribution in [0, 0.1) is 0 Å². The van der Waals surface area contributed by atoms with Crippen molar-refractivity contribution in [3.63, 3.8) is 0 Å². The largest absolute Gasteiger partial charge is 0.497 e. The number of guanidine groups is 1. The van der Waals surface area contributed by atoms with E-state index in [1.807, 2.05) is 43.7 Å². The average Bonchev–Trinajstić information content (AvgIpc) is 3.24. The summed E-state index contributed by atoms with van der Waals surface area (Å²) in [5.41, 5.74) is 2.32. The second-order valence-corrected chi connectivity index (χ2v) is 7.21. The second-order valence-electron chi connectivity index (χ2n) is 7.21. The Morgan fingerprint density at radius 3 is 2.65 bits per heavy atom. The van der Waals surface area contributed by atoms with Gasteiger partial charge in [-0.1, -0.05) is 30.3 Å². The van der Waals surface area contributed by atoms with E-state index in [4.69, 9.17) is 9.47 Å². The lowest BCUT2D eigenvalue weighted by atomic mass is 10.2. The van der Waals surface area contributed by atoms with Crippen LogP contribution in [0.25, 0.3) is 0 Å². The number of aromatic nitrogens is 2. The van der Waals surface area contributed by atoms with Crippen molar-refractivity contribution in [2.24, 2.45) is 4.99 Å². The van der Waals surface area contributed by atoms with Crippen LogP contribution in [0.2, 0.25) is 0 Å². The molecule has 1 heterocycles. The Hall–Kier alpha value is -3.48. The first-order valence-corrected chi connectivity index (χ1v) is 10.3. The van der Waals surface area contributed by atoms with Crippen molar-refractivity contribution < 1.29 is 9.47 Å². The lowest BCUT2D eigenvalue weighted by Crippen LogP contribution is -2.39. The molecule has 0 fully saturated rings. The molecule has 0 atom stereocenters. The number of hydrogen-bond donors (Lipinski definition) is 1. The second kappa shape index (κ2) is 11.1. The molecule has 0 bridgehead atoms. The minimum Gasteiger partial charge on any atom is -0.497 e. The summed E-state index contributed by atoms with van der Waals surface area (Å²) >= 11 is 0. The van der Waals surface area contributed by atoms with E-state index in [2.05, 4.69) is 49.0 Å². The first-order valence-electron chi connectivity index (χ1n) is 10.3. The Morgan fingerprint density at radius 1 is 1.13 bits per heavy atom. The predicted octanol–water partition coefficient (Wildman–Crippen LogP) is 3.20. The molecule has 0 radical (unpaired) electrons. The molecular formula is C24H31N5O2. The molecule has 0 unspecified atom stereocenters. The molecule has 7 heteroatoms. The fourth-order valence-corrected chi connectivity index (χ4v) is 3.48. The molecule has 0 aliphatic carbocycles. The molecule has 7 nitrogen and oxygen atoms in total. The van der Waals surface area contributed by atoms with Gasteiger partial charge in [-0.3, -0.25) is 4.99 Å². The lowest BCUT2D eigenvalue weighted by Gasteiger charge is -2.23. The number of hydrogen-bond acceptors (Lipinski definition) is 4. The van der Waals surface area contributed by atoms with Gasteiger partial charge in [-0.25, -0.2) is 4.98 Å². The summed E-state index contributed by atoms with van der Waals surface area (Å²) in [5, 5.41) is 3.44. The molecule has 1 aromatic heterocycles. The van der Waals surface area contributed by atoms with Gasteiger partial charge >= 0.3 is 0 Å². The first-order chi connectivity index (χ1) is 15.1. The Balaban J connectivity index is 1.56. The normalized spacial score (nSPS) is 11.3. The smallest absolute Gasteiger partial charge is 0.193 e. The SMILES string of the molecule is CN=C(NCCc1nccn1Cc1ccccc1)N(C)Cc1ccc(OC)cc1OC. The quantitative estimate of drug-likeness (QED) is 0.425. The van der Waals surface area contributed by atoms with Gasteiger partial charge in [0.05, 0.1) is 14.2 Å². The zero-order valence-electron chi connectivity index (χ0n) is 18.7. The minimum absolute atomic E-state index is 0.662. The van der Waals surface area contributed by atoms with Crippen molar-refractivity contribution in [1.29, 1.82) is 0 Å². The topological polar surface area (TPSA) is 63.9 Å². The van der Waals surface area contributed by atoms with Gasteiger partial charge in [0.1, 0.15) is 17.3 Å².